The fourth-order valence-corrected chi connectivity index (χ4v) is 2.51. The Morgan fingerprint density at radius 3 is 2.55 bits per heavy atom. The minimum Gasteiger partial charge on any atom is -0.469 e. The molecule has 1 rings (SSSR count). The van der Waals surface area contributed by atoms with Gasteiger partial charge < -0.3 is 15.2 Å². The van der Waals surface area contributed by atoms with Crippen molar-refractivity contribution in [2.24, 2.45) is 0 Å². The zero-order chi connectivity index (χ0) is 16.5. The highest BCUT2D eigenvalue weighted by atomic mass is 79.9. The number of carbonyl (C=O) groups excluding carboxylic acids is 2. The van der Waals surface area contributed by atoms with E-state index >= 15 is 0 Å². The van der Waals surface area contributed by atoms with Crippen LogP contribution < -0.4 is 5.32 Å². The summed E-state index contributed by atoms with van der Waals surface area (Å²) in [6, 6.07) is 5.01. The predicted octanol–water partition coefficient (Wildman–Crippen LogP) is 2.54. The normalized spacial score (nSPS) is 11.8. The third-order valence-electron chi connectivity index (χ3n) is 3.26. The molecule has 1 aromatic rings. The number of rotatable bonds is 8. The summed E-state index contributed by atoms with van der Waals surface area (Å²) in [5.41, 5.74) is 2.07. The van der Waals surface area contributed by atoms with Crippen LogP contribution in [-0.4, -0.2) is 30.1 Å². The average molecular weight is 372 g/mol. The molecule has 0 radical (unpaired) electrons. The summed E-state index contributed by atoms with van der Waals surface area (Å²) in [6.07, 6.45) is 1.71. The van der Waals surface area contributed by atoms with E-state index in [4.69, 9.17) is 0 Å². The van der Waals surface area contributed by atoms with Gasteiger partial charge in [-0.15, -0.1) is 0 Å². The maximum Gasteiger partial charge on any atom is 0.307 e. The lowest BCUT2D eigenvalue weighted by molar-refractivity contribution is -0.141. The summed E-state index contributed by atoms with van der Waals surface area (Å²) in [4.78, 5) is 23.8. The largest absolute Gasteiger partial charge is 0.469 e. The van der Waals surface area contributed by atoms with Crippen molar-refractivity contribution >= 4 is 27.8 Å². The number of aliphatic hydroxyl groups is 1. The number of carbonyl (C=O) groups is 2. The number of nitrogens with one attached hydrogen (secondary N) is 1. The van der Waals surface area contributed by atoms with Crippen LogP contribution in [0.5, 0.6) is 0 Å². The van der Waals surface area contributed by atoms with Gasteiger partial charge in [-0.05, 0) is 29.7 Å². The van der Waals surface area contributed by atoms with Crippen molar-refractivity contribution < 1.29 is 19.4 Å². The van der Waals surface area contributed by atoms with Crippen molar-refractivity contribution in [3.63, 3.8) is 0 Å². The molecule has 0 fully saturated rings. The van der Waals surface area contributed by atoms with E-state index in [1.165, 1.54) is 7.11 Å². The number of aliphatic hydroxyl groups excluding tert-OH is 1. The Hall–Kier alpha value is -1.40. The Bertz CT molecular complexity index is 497. The fourth-order valence-electron chi connectivity index (χ4n) is 2.19. The second-order valence-electron chi connectivity index (χ2n) is 5.07. The smallest absolute Gasteiger partial charge is 0.307 e. The third kappa shape index (κ3) is 5.77. The minimum atomic E-state index is -0.344. The molecule has 0 aliphatic heterocycles. The van der Waals surface area contributed by atoms with Crippen LogP contribution in [0, 0.1) is 0 Å². The molecule has 0 aliphatic carbocycles. The van der Waals surface area contributed by atoms with Crippen LogP contribution in [0.2, 0.25) is 0 Å². The first-order valence-corrected chi connectivity index (χ1v) is 8.33. The van der Waals surface area contributed by atoms with E-state index in [2.05, 4.69) is 26.0 Å². The Morgan fingerprint density at radius 1 is 1.32 bits per heavy atom. The molecule has 0 heterocycles. The van der Waals surface area contributed by atoms with Gasteiger partial charge in [-0.3, -0.25) is 9.59 Å². The van der Waals surface area contributed by atoms with Crippen molar-refractivity contribution in [3.05, 3.63) is 34.9 Å². The molecule has 0 saturated carbocycles. The number of benzene rings is 1. The Balaban J connectivity index is 2.86. The summed E-state index contributed by atoms with van der Waals surface area (Å²) in [7, 11) is 1.33. The zero-order valence-corrected chi connectivity index (χ0v) is 14.5. The van der Waals surface area contributed by atoms with Crippen molar-refractivity contribution in [3.8, 4) is 0 Å². The molecule has 6 heteroatoms. The first kappa shape index (κ1) is 18.6. The molecular weight excluding hydrogens is 350 g/mol. The Labute approximate surface area is 139 Å². The number of alkyl halides is 1. The first-order valence-electron chi connectivity index (χ1n) is 7.21. The molecule has 5 nitrogen and oxygen atoms in total. The van der Waals surface area contributed by atoms with Crippen molar-refractivity contribution in [1.29, 1.82) is 0 Å². The summed E-state index contributed by atoms with van der Waals surface area (Å²) in [6.45, 7) is 1.87. The number of esters is 1. The first-order chi connectivity index (χ1) is 10.5. The number of halogens is 1. The maximum atomic E-state index is 12.4. The summed E-state index contributed by atoms with van der Waals surface area (Å²) in [5.74, 6) is -0.594. The van der Waals surface area contributed by atoms with Crippen LogP contribution in [0.25, 0.3) is 0 Å². The molecule has 22 heavy (non-hydrogen) atoms. The van der Waals surface area contributed by atoms with Gasteiger partial charge in [0.25, 0.3) is 5.91 Å². The van der Waals surface area contributed by atoms with Crippen LogP contribution in [0.1, 0.15) is 47.7 Å². The van der Waals surface area contributed by atoms with Crippen LogP contribution in [-0.2, 0) is 21.5 Å². The Kier molecular flexibility index (Phi) is 8.12. The molecule has 122 valence electrons. The van der Waals surface area contributed by atoms with Gasteiger partial charge in [-0.1, -0.05) is 35.3 Å². The Morgan fingerprint density at radius 2 is 2.00 bits per heavy atom. The highest BCUT2D eigenvalue weighted by Crippen LogP contribution is 2.14. The van der Waals surface area contributed by atoms with E-state index in [0.717, 1.165) is 12.0 Å². The standard InChI is InChI=1S/C16H22BrNO4/c1-3-4-14(8-15(20)22-2)18-16(21)13-6-11(9-17)5-12(7-13)10-19/h5-7,14,19H,3-4,8-10H2,1-2H3,(H,18,21). The second kappa shape index (κ2) is 9.58. The fraction of sp³-hybridized carbons (Fsp3) is 0.500. The molecule has 1 amide bonds. The molecule has 0 bridgehead atoms. The molecule has 2 N–H and O–H groups in total. The highest BCUT2D eigenvalue weighted by Gasteiger charge is 2.17. The molecule has 0 aliphatic rings. The number of hydrogen-bond donors (Lipinski definition) is 2. The van der Waals surface area contributed by atoms with Gasteiger partial charge in [0.15, 0.2) is 0 Å². The van der Waals surface area contributed by atoms with Crippen molar-refractivity contribution in [2.45, 2.75) is 44.2 Å². The monoisotopic (exact) mass is 371 g/mol. The van der Waals surface area contributed by atoms with Gasteiger partial charge in [0.05, 0.1) is 20.1 Å². The topological polar surface area (TPSA) is 75.6 Å². The SMILES string of the molecule is CCCC(CC(=O)OC)NC(=O)c1cc(CO)cc(CBr)c1. The van der Waals surface area contributed by atoms with E-state index in [0.29, 0.717) is 22.9 Å². The molecular formula is C16H22BrNO4. The third-order valence-corrected chi connectivity index (χ3v) is 3.91. The van der Waals surface area contributed by atoms with E-state index in [9.17, 15) is 14.7 Å². The van der Waals surface area contributed by atoms with Crippen LogP contribution in [0.15, 0.2) is 18.2 Å². The summed E-state index contributed by atoms with van der Waals surface area (Å²) < 4.78 is 4.66. The maximum absolute atomic E-state index is 12.4. The van der Waals surface area contributed by atoms with Gasteiger partial charge in [-0.25, -0.2) is 0 Å². The van der Waals surface area contributed by atoms with E-state index in [1.54, 1.807) is 12.1 Å². The van der Waals surface area contributed by atoms with Crippen LogP contribution in [0.4, 0.5) is 0 Å². The molecule has 0 spiro atoms. The van der Waals surface area contributed by atoms with Gasteiger partial charge >= 0.3 is 5.97 Å². The molecule has 1 atom stereocenters. The van der Waals surface area contributed by atoms with Crippen molar-refractivity contribution in [2.75, 3.05) is 7.11 Å². The van der Waals surface area contributed by atoms with Crippen LogP contribution >= 0.6 is 15.9 Å². The van der Waals surface area contributed by atoms with E-state index in [-0.39, 0.29) is 30.9 Å². The number of methoxy groups -OCH3 is 1. The van der Waals surface area contributed by atoms with E-state index < -0.39 is 0 Å². The van der Waals surface area contributed by atoms with Gasteiger partial charge in [-0.2, -0.15) is 0 Å². The molecule has 0 saturated heterocycles. The number of amides is 1. The van der Waals surface area contributed by atoms with Gasteiger partial charge in [0.1, 0.15) is 0 Å². The number of hydrogen-bond acceptors (Lipinski definition) is 4. The van der Waals surface area contributed by atoms with E-state index in [1.807, 2.05) is 13.0 Å². The highest BCUT2D eigenvalue weighted by molar-refractivity contribution is 9.08. The van der Waals surface area contributed by atoms with Crippen molar-refractivity contribution in [1.82, 2.24) is 5.32 Å². The minimum absolute atomic E-state index is 0.123. The molecule has 0 aromatic heterocycles. The van der Waals surface area contributed by atoms with Gasteiger partial charge in [0.2, 0.25) is 0 Å². The summed E-state index contributed by atoms with van der Waals surface area (Å²) in [5, 5.41) is 12.7. The second-order valence-corrected chi connectivity index (χ2v) is 5.63. The van der Waals surface area contributed by atoms with Crippen LogP contribution in [0.3, 0.4) is 0 Å². The quantitative estimate of drug-likeness (QED) is 0.543. The lowest BCUT2D eigenvalue weighted by Crippen LogP contribution is -2.36. The summed E-state index contributed by atoms with van der Waals surface area (Å²) >= 11 is 3.35. The predicted molar refractivity (Wildman–Crippen MR) is 87.8 cm³/mol. The average Bonchev–Trinajstić information content (AvgIpc) is 2.54. The number of ether oxygens (including phenoxy) is 1. The van der Waals surface area contributed by atoms with Gasteiger partial charge in [0, 0.05) is 16.9 Å². The lowest BCUT2D eigenvalue weighted by Gasteiger charge is -2.17. The lowest BCUT2D eigenvalue weighted by atomic mass is 10.0. The zero-order valence-electron chi connectivity index (χ0n) is 12.9. The molecule has 1 aromatic carbocycles. The molecule has 1 unspecified atom stereocenters.